The predicted molar refractivity (Wildman–Crippen MR) is 80.6 cm³/mol. The fourth-order valence-corrected chi connectivity index (χ4v) is 4.80. The van der Waals surface area contributed by atoms with Gasteiger partial charge in [0.1, 0.15) is 0 Å². The summed E-state index contributed by atoms with van der Waals surface area (Å²) in [5.74, 6) is 0.917. The summed E-state index contributed by atoms with van der Waals surface area (Å²) >= 11 is 0. The first-order valence-corrected chi connectivity index (χ1v) is 9.84. The molecule has 6 heteroatoms. The highest BCUT2D eigenvalue weighted by molar-refractivity contribution is 7.89. The van der Waals surface area contributed by atoms with Crippen LogP contribution < -0.4 is 0 Å². The average Bonchev–Trinajstić information content (AvgIpc) is 3.30. The Labute approximate surface area is 128 Å². The molecule has 0 bridgehead atoms. The van der Waals surface area contributed by atoms with Gasteiger partial charge in [-0.2, -0.15) is 0 Å². The Morgan fingerprint density at radius 1 is 1.33 bits per heavy atom. The Morgan fingerprint density at radius 3 is 2.86 bits per heavy atom. The summed E-state index contributed by atoms with van der Waals surface area (Å²) in [5.41, 5.74) is -0.131. The van der Waals surface area contributed by atoms with Crippen LogP contribution >= 0.6 is 0 Å². The van der Waals surface area contributed by atoms with Gasteiger partial charge in [-0.1, -0.05) is 0 Å². The second-order valence-electron chi connectivity index (χ2n) is 6.81. The van der Waals surface area contributed by atoms with E-state index < -0.39 is 10.0 Å². The van der Waals surface area contributed by atoms with Crippen molar-refractivity contribution < 1.29 is 17.9 Å². The van der Waals surface area contributed by atoms with E-state index in [9.17, 15) is 8.42 Å². The van der Waals surface area contributed by atoms with E-state index >= 15 is 0 Å². The molecule has 122 valence electrons. The molecule has 0 aromatic rings. The molecule has 0 unspecified atom stereocenters. The van der Waals surface area contributed by atoms with Crippen LogP contribution in [-0.4, -0.2) is 57.5 Å². The molecule has 2 saturated heterocycles. The Bertz CT molecular complexity index is 462. The van der Waals surface area contributed by atoms with E-state index in [2.05, 4.69) is 0 Å². The van der Waals surface area contributed by atoms with Gasteiger partial charge in [0.25, 0.3) is 0 Å². The molecule has 0 N–H and O–H groups in total. The van der Waals surface area contributed by atoms with E-state index in [-0.39, 0.29) is 17.3 Å². The number of ether oxygens (including phenoxy) is 2. The Balaban J connectivity index is 1.69. The van der Waals surface area contributed by atoms with Crippen LogP contribution in [0.2, 0.25) is 0 Å². The van der Waals surface area contributed by atoms with Crippen LogP contribution in [0.3, 0.4) is 0 Å². The lowest BCUT2D eigenvalue weighted by Gasteiger charge is -2.49. The first-order valence-electron chi connectivity index (χ1n) is 8.23. The summed E-state index contributed by atoms with van der Waals surface area (Å²) in [5, 5.41) is 0. The molecule has 0 radical (unpaired) electrons. The van der Waals surface area contributed by atoms with Crippen LogP contribution in [0.25, 0.3) is 0 Å². The Kier molecular flexibility index (Phi) is 4.60. The van der Waals surface area contributed by atoms with Crippen molar-refractivity contribution in [3.05, 3.63) is 0 Å². The minimum atomic E-state index is -3.12. The van der Waals surface area contributed by atoms with E-state index in [0.717, 1.165) is 38.4 Å². The fourth-order valence-electron chi connectivity index (χ4n) is 3.59. The van der Waals surface area contributed by atoms with Gasteiger partial charge in [0.05, 0.1) is 18.5 Å². The molecular formula is C15H27NO4S. The van der Waals surface area contributed by atoms with Crippen molar-refractivity contribution in [2.24, 2.45) is 11.3 Å². The van der Waals surface area contributed by atoms with Gasteiger partial charge in [-0.25, -0.2) is 12.7 Å². The fraction of sp³-hybridized carbons (Fsp3) is 1.00. The second kappa shape index (κ2) is 6.14. The maximum absolute atomic E-state index is 12.2. The number of rotatable bonds is 6. The van der Waals surface area contributed by atoms with Crippen molar-refractivity contribution in [2.45, 2.75) is 45.1 Å². The molecule has 0 amide bonds. The number of fused-ring (bicyclic) bond motifs is 1. The minimum absolute atomic E-state index is 0.131. The first kappa shape index (κ1) is 15.7. The zero-order chi connectivity index (χ0) is 14.9. The third-order valence-corrected chi connectivity index (χ3v) is 6.98. The van der Waals surface area contributed by atoms with Gasteiger partial charge in [0.15, 0.2) is 0 Å². The average molecular weight is 317 g/mol. The second-order valence-corrected chi connectivity index (χ2v) is 9.06. The predicted octanol–water partition coefficient (Wildman–Crippen LogP) is 1.63. The molecule has 0 spiro atoms. The largest absolute Gasteiger partial charge is 0.380 e. The van der Waals surface area contributed by atoms with Gasteiger partial charge >= 0.3 is 0 Å². The molecule has 0 aromatic heterocycles. The molecule has 0 aromatic carbocycles. The molecule has 3 rings (SSSR count). The topological polar surface area (TPSA) is 55.8 Å². The van der Waals surface area contributed by atoms with Crippen LogP contribution in [0.15, 0.2) is 0 Å². The van der Waals surface area contributed by atoms with Crippen molar-refractivity contribution in [1.29, 1.82) is 0 Å². The van der Waals surface area contributed by atoms with Crippen molar-refractivity contribution in [2.75, 3.05) is 38.7 Å². The van der Waals surface area contributed by atoms with Crippen LogP contribution in [0.4, 0.5) is 0 Å². The third-order valence-electron chi connectivity index (χ3n) is 5.15. The van der Waals surface area contributed by atoms with Gasteiger partial charge in [0.2, 0.25) is 10.0 Å². The lowest BCUT2D eigenvalue weighted by molar-refractivity contribution is -0.143. The molecule has 21 heavy (non-hydrogen) atoms. The summed E-state index contributed by atoms with van der Waals surface area (Å²) in [6.07, 6.45) is 5.54. The molecule has 3 fully saturated rings. The van der Waals surface area contributed by atoms with Gasteiger partial charge < -0.3 is 9.47 Å². The maximum Gasteiger partial charge on any atom is 0.213 e. The molecule has 5 nitrogen and oxygen atoms in total. The number of piperidine rings is 1. The molecule has 2 atom stereocenters. The van der Waals surface area contributed by atoms with Crippen LogP contribution in [0.5, 0.6) is 0 Å². The van der Waals surface area contributed by atoms with Gasteiger partial charge in [-0.3, -0.25) is 0 Å². The Morgan fingerprint density at radius 2 is 2.14 bits per heavy atom. The summed E-state index contributed by atoms with van der Waals surface area (Å²) in [6, 6.07) is 0. The summed E-state index contributed by atoms with van der Waals surface area (Å²) < 4.78 is 38.0. The smallest absolute Gasteiger partial charge is 0.213 e. The standard InChI is InChI=1S/C15H27NO4S/c1-2-21(17,18)16-8-6-14-15(11-16,7-3-9-20-14)12-19-10-13-4-5-13/h13-14H,2-12H2,1H3/t14-,15-/m1/s1. The zero-order valence-corrected chi connectivity index (χ0v) is 13.7. The highest BCUT2D eigenvalue weighted by Gasteiger charge is 2.48. The third kappa shape index (κ3) is 3.44. The Hall–Kier alpha value is -0.170. The SMILES string of the molecule is CCS(=O)(=O)N1CC[C@H]2OCCC[C@]2(COCC2CC2)C1. The molecule has 2 aliphatic heterocycles. The summed E-state index contributed by atoms with van der Waals surface area (Å²) in [4.78, 5) is 0. The summed E-state index contributed by atoms with van der Waals surface area (Å²) in [7, 11) is -3.12. The van der Waals surface area contributed by atoms with E-state index in [1.807, 2.05) is 0 Å². The summed E-state index contributed by atoms with van der Waals surface area (Å²) in [6.45, 7) is 5.15. The maximum atomic E-state index is 12.2. The van der Waals surface area contributed by atoms with Crippen molar-refractivity contribution in [3.8, 4) is 0 Å². The molecule has 1 aliphatic carbocycles. The van der Waals surface area contributed by atoms with Crippen LogP contribution in [0.1, 0.15) is 39.0 Å². The lowest BCUT2D eigenvalue weighted by atomic mass is 9.73. The number of sulfonamides is 1. The van der Waals surface area contributed by atoms with E-state index in [4.69, 9.17) is 9.47 Å². The number of hydrogen-bond donors (Lipinski definition) is 0. The van der Waals surface area contributed by atoms with Crippen LogP contribution in [-0.2, 0) is 19.5 Å². The van der Waals surface area contributed by atoms with E-state index in [1.54, 1.807) is 11.2 Å². The van der Waals surface area contributed by atoms with Gasteiger partial charge in [-0.05, 0) is 44.9 Å². The minimum Gasteiger partial charge on any atom is -0.380 e. The van der Waals surface area contributed by atoms with Crippen molar-refractivity contribution in [1.82, 2.24) is 4.31 Å². The molecule has 1 saturated carbocycles. The van der Waals surface area contributed by atoms with Crippen molar-refractivity contribution in [3.63, 3.8) is 0 Å². The molecule has 3 aliphatic rings. The van der Waals surface area contributed by atoms with Crippen molar-refractivity contribution >= 4 is 10.0 Å². The molecule has 2 heterocycles. The lowest BCUT2D eigenvalue weighted by Crippen LogP contribution is -2.58. The normalized spacial score (nSPS) is 34.6. The van der Waals surface area contributed by atoms with Gasteiger partial charge in [0, 0.05) is 31.7 Å². The van der Waals surface area contributed by atoms with E-state index in [0.29, 0.717) is 19.7 Å². The first-order chi connectivity index (χ1) is 10.1. The van der Waals surface area contributed by atoms with Crippen LogP contribution in [0, 0.1) is 11.3 Å². The highest BCUT2D eigenvalue weighted by Crippen LogP contribution is 2.41. The zero-order valence-electron chi connectivity index (χ0n) is 12.9. The monoisotopic (exact) mass is 317 g/mol. The molecular weight excluding hydrogens is 290 g/mol. The number of hydrogen-bond acceptors (Lipinski definition) is 4. The highest BCUT2D eigenvalue weighted by atomic mass is 32.2. The quantitative estimate of drug-likeness (QED) is 0.747. The van der Waals surface area contributed by atoms with Gasteiger partial charge in [-0.15, -0.1) is 0 Å². The van der Waals surface area contributed by atoms with E-state index in [1.165, 1.54) is 12.8 Å². The number of nitrogens with zero attached hydrogens (tertiary/aromatic N) is 1.